The molecule has 1 atom stereocenters. The summed E-state index contributed by atoms with van der Waals surface area (Å²) in [6, 6.07) is 4.11. The second-order valence-corrected chi connectivity index (χ2v) is 4.23. The summed E-state index contributed by atoms with van der Waals surface area (Å²) in [4.78, 5) is 6.64. The van der Waals surface area contributed by atoms with Crippen LogP contribution < -0.4 is 0 Å². The second-order valence-electron chi connectivity index (χ2n) is 4.23. The first-order valence-electron chi connectivity index (χ1n) is 5.27. The molecule has 1 aromatic rings. The van der Waals surface area contributed by atoms with Gasteiger partial charge in [0.25, 0.3) is 0 Å². The van der Waals surface area contributed by atoms with Crippen molar-refractivity contribution in [2.24, 2.45) is 5.92 Å². The minimum Gasteiger partial charge on any atom is -0.374 e. The van der Waals surface area contributed by atoms with Gasteiger partial charge in [-0.3, -0.25) is 4.98 Å². The van der Waals surface area contributed by atoms with Crippen molar-refractivity contribution in [3.05, 3.63) is 35.8 Å². The summed E-state index contributed by atoms with van der Waals surface area (Å²) >= 11 is 0. The van der Waals surface area contributed by atoms with E-state index >= 15 is 0 Å². The van der Waals surface area contributed by atoms with Gasteiger partial charge in [0, 0.05) is 31.2 Å². The molecule has 2 fully saturated rings. The standard InChI is InChI=1S/C12H14N2/c1-2-10(8-13-4-1)6-12-7-11-3-5-14(12)9-11/h1-2,4,6,8,11H,3,5,7,9H2/b12-6-. The average molecular weight is 186 g/mol. The van der Waals surface area contributed by atoms with Crippen LogP contribution in [-0.2, 0) is 0 Å². The molecule has 0 aliphatic carbocycles. The molecule has 1 unspecified atom stereocenters. The molecule has 3 rings (SSSR count). The van der Waals surface area contributed by atoms with Gasteiger partial charge in [-0.1, -0.05) is 6.07 Å². The zero-order chi connectivity index (χ0) is 9.38. The lowest BCUT2D eigenvalue weighted by molar-refractivity contribution is 0.445. The first kappa shape index (κ1) is 8.04. The minimum absolute atomic E-state index is 0.929. The predicted octanol–water partition coefficient (Wildman–Crippen LogP) is 2.15. The van der Waals surface area contributed by atoms with E-state index in [-0.39, 0.29) is 0 Å². The fourth-order valence-corrected chi connectivity index (χ4v) is 2.49. The molecular formula is C12H14N2. The van der Waals surface area contributed by atoms with E-state index in [2.05, 4.69) is 22.0 Å². The summed E-state index contributed by atoms with van der Waals surface area (Å²) in [6.07, 6.45) is 8.70. The summed E-state index contributed by atoms with van der Waals surface area (Å²) in [6.45, 7) is 2.54. The molecule has 0 aromatic carbocycles. The summed E-state index contributed by atoms with van der Waals surface area (Å²) in [5, 5.41) is 0. The highest BCUT2D eigenvalue weighted by molar-refractivity contribution is 5.52. The quantitative estimate of drug-likeness (QED) is 0.668. The van der Waals surface area contributed by atoms with E-state index in [1.807, 2.05) is 18.5 Å². The van der Waals surface area contributed by atoms with Crippen LogP contribution in [0.15, 0.2) is 30.2 Å². The van der Waals surface area contributed by atoms with E-state index in [1.54, 1.807) is 0 Å². The number of aromatic nitrogens is 1. The number of nitrogens with zero attached hydrogens (tertiary/aromatic N) is 2. The normalized spacial score (nSPS) is 27.6. The Morgan fingerprint density at radius 2 is 2.50 bits per heavy atom. The van der Waals surface area contributed by atoms with Gasteiger partial charge in [-0.25, -0.2) is 0 Å². The van der Waals surface area contributed by atoms with Crippen LogP contribution in [0.1, 0.15) is 18.4 Å². The van der Waals surface area contributed by atoms with Gasteiger partial charge < -0.3 is 4.90 Å². The molecule has 3 heterocycles. The van der Waals surface area contributed by atoms with E-state index in [0.29, 0.717) is 0 Å². The Kier molecular flexibility index (Phi) is 1.79. The number of allylic oxidation sites excluding steroid dienone is 1. The van der Waals surface area contributed by atoms with Crippen LogP contribution in [-0.4, -0.2) is 23.0 Å². The highest BCUT2D eigenvalue weighted by atomic mass is 15.2. The smallest absolute Gasteiger partial charge is 0.0340 e. The molecule has 0 saturated carbocycles. The number of hydrogen-bond acceptors (Lipinski definition) is 2. The Balaban J connectivity index is 1.86. The van der Waals surface area contributed by atoms with E-state index in [4.69, 9.17) is 0 Å². The van der Waals surface area contributed by atoms with Crippen molar-refractivity contribution in [2.75, 3.05) is 13.1 Å². The van der Waals surface area contributed by atoms with Crippen molar-refractivity contribution < 1.29 is 0 Å². The lowest BCUT2D eigenvalue weighted by Crippen LogP contribution is -2.14. The van der Waals surface area contributed by atoms with Gasteiger partial charge in [0.05, 0.1) is 0 Å². The maximum Gasteiger partial charge on any atom is 0.0340 e. The number of pyridine rings is 1. The van der Waals surface area contributed by atoms with E-state index < -0.39 is 0 Å². The molecule has 2 aliphatic rings. The summed E-state index contributed by atoms with van der Waals surface area (Å²) in [5.41, 5.74) is 2.74. The Morgan fingerprint density at radius 1 is 1.50 bits per heavy atom. The molecule has 2 heteroatoms. The maximum atomic E-state index is 4.13. The molecule has 2 bridgehead atoms. The van der Waals surface area contributed by atoms with Crippen LogP contribution in [0.5, 0.6) is 0 Å². The molecule has 0 spiro atoms. The second kappa shape index (κ2) is 3.12. The molecule has 0 N–H and O–H groups in total. The van der Waals surface area contributed by atoms with Crippen molar-refractivity contribution in [1.82, 2.24) is 9.88 Å². The van der Waals surface area contributed by atoms with Gasteiger partial charge >= 0.3 is 0 Å². The van der Waals surface area contributed by atoms with Crippen molar-refractivity contribution in [2.45, 2.75) is 12.8 Å². The fraction of sp³-hybridized carbons (Fsp3) is 0.417. The Morgan fingerprint density at radius 3 is 3.14 bits per heavy atom. The fourth-order valence-electron chi connectivity index (χ4n) is 2.49. The van der Waals surface area contributed by atoms with E-state index in [1.165, 1.54) is 37.2 Å². The van der Waals surface area contributed by atoms with Crippen LogP contribution in [0.2, 0.25) is 0 Å². The van der Waals surface area contributed by atoms with Gasteiger partial charge in [0.1, 0.15) is 0 Å². The lowest BCUT2D eigenvalue weighted by Gasteiger charge is -2.18. The van der Waals surface area contributed by atoms with Gasteiger partial charge in [-0.05, 0) is 36.5 Å². The van der Waals surface area contributed by atoms with Gasteiger partial charge in [-0.15, -0.1) is 0 Å². The predicted molar refractivity (Wildman–Crippen MR) is 56.5 cm³/mol. The summed E-state index contributed by atoms with van der Waals surface area (Å²) in [7, 11) is 0. The van der Waals surface area contributed by atoms with Crippen LogP contribution in [0.4, 0.5) is 0 Å². The Bertz CT molecular complexity index is 356. The van der Waals surface area contributed by atoms with Crippen LogP contribution in [0, 0.1) is 5.92 Å². The first-order chi connectivity index (χ1) is 6.92. The molecule has 0 radical (unpaired) electrons. The van der Waals surface area contributed by atoms with Crippen molar-refractivity contribution >= 4 is 6.08 Å². The van der Waals surface area contributed by atoms with Crippen molar-refractivity contribution in [3.63, 3.8) is 0 Å². The number of piperidine rings is 1. The van der Waals surface area contributed by atoms with Crippen LogP contribution >= 0.6 is 0 Å². The Labute approximate surface area is 84.3 Å². The molecule has 2 aliphatic heterocycles. The van der Waals surface area contributed by atoms with Crippen molar-refractivity contribution in [3.8, 4) is 0 Å². The molecular weight excluding hydrogens is 172 g/mol. The number of rotatable bonds is 1. The largest absolute Gasteiger partial charge is 0.374 e. The number of hydrogen-bond donors (Lipinski definition) is 0. The third kappa shape index (κ3) is 1.31. The van der Waals surface area contributed by atoms with Crippen LogP contribution in [0.3, 0.4) is 0 Å². The minimum atomic E-state index is 0.929. The first-order valence-corrected chi connectivity index (χ1v) is 5.27. The van der Waals surface area contributed by atoms with Gasteiger partial charge in [0.2, 0.25) is 0 Å². The topological polar surface area (TPSA) is 16.1 Å². The molecule has 72 valence electrons. The SMILES string of the molecule is C(=C1\CC2CCN1C2)/c1cccnc1. The third-order valence-electron chi connectivity index (χ3n) is 3.21. The molecule has 14 heavy (non-hydrogen) atoms. The summed E-state index contributed by atoms with van der Waals surface area (Å²) in [5.74, 6) is 0.929. The van der Waals surface area contributed by atoms with E-state index in [9.17, 15) is 0 Å². The third-order valence-corrected chi connectivity index (χ3v) is 3.21. The van der Waals surface area contributed by atoms with Crippen LogP contribution in [0.25, 0.3) is 6.08 Å². The summed E-state index contributed by atoms with van der Waals surface area (Å²) < 4.78 is 0. The molecule has 1 aromatic heterocycles. The average Bonchev–Trinajstić information content (AvgIpc) is 2.81. The maximum absolute atomic E-state index is 4.13. The molecule has 2 nitrogen and oxygen atoms in total. The molecule has 2 saturated heterocycles. The lowest BCUT2D eigenvalue weighted by atomic mass is 10.0. The number of fused-ring (bicyclic) bond motifs is 2. The van der Waals surface area contributed by atoms with Gasteiger partial charge in [0.15, 0.2) is 0 Å². The molecule has 0 amide bonds. The highest BCUT2D eigenvalue weighted by Gasteiger charge is 2.32. The van der Waals surface area contributed by atoms with Crippen molar-refractivity contribution in [1.29, 1.82) is 0 Å². The zero-order valence-electron chi connectivity index (χ0n) is 8.19. The Hall–Kier alpha value is -1.31. The highest BCUT2D eigenvalue weighted by Crippen LogP contribution is 2.36. The van der Waals surface area contributed by atoms with E-state index in [0.717, 1.165) is 5.92 Å². The zero-order valence-corrected chi connectivity index (χ0v) is 8.19. The monoisotopic (exact) mass is 186 g/mol. The van der Waals surface area contributed by atoms with Gasteiger partial charge in [-0.2, -0.15) is 0 Å².